The predicted octanol–water partition coefficient (Wildman–Crippen LogP) is 2.20. The Hall–Kier alpha value is -1.55. The van der Waals surface area contributed by atoms with Crippen LogP contribution in [0.2, 0.25) is 0 Å². The highest BCUT2D eigenvalue weighted by Crippen LogP contribution is 2.29. The molecular formula is C17H25N3O. The number of amides is 1. The van der Waals surface area contributed by atoms with Crippen LogP contribution in [-0.2, 0) is 4.79 Å². The van der Waals surface area contributed by atoms with Crippen molar-refractivity contribution in [1.29, 1.82) is 0 Å². The minimum Gasteiger partial charge on any atom is -0.371 e. The first-order chi connectivity index (χ1) is 10.2. The van der Waals surface area contributed by atoms with E-state index < -0.39 is 0 Å². The fraction of sp³-hybridized carbons (Fsp3) is 0.588. The number of rotatable bonds is 3. The zero-order valence-corrected chi connectivity index (χ0v) is 12.7. The van der Waals surface area contributed by atoms with Gasteiger partial charge in [0.05, 0.1) is 0 Å². The smallest absolute Gasteiger partial charge is 0.220 e. The van der Waals surface area contributed by atoms with E-state index in [1.165, 1.54) is 11.3 Å². The van der Waals surface area contributed by atoms with Gasteiger partial charge in [0.2, 0.25) is 5.91 Å². The summed E-state index contributed by atoms with van der Waals surface area (Å²) < 4.78 is 0. The summed E-state index contributed by atoms with van der Waals surface area (Å²) in [5, 5.41) is 3.14. The van der Waals surface area contributed by atoms with Crippen molar-refractivity contribution >= 4 is 11.6 Å². The molecule has 0 aliphatic carbocycles. The van der Waals surface area contributed by atoms with Gasteiger partial charge in [-0.25, -0.2) is 0 Å². The molecule has 4 nitrogen and oxygen atoms in total. The minimum absolute atomic E-state index is 0.137. The number of nitrogens with two attached hydrogens (primary N) is 1. The SMILES string of the molecule is CC[C@H](N)c1ccc(N2CCC3NC(=O)CCC3C2)cc1. The van der Waals surface area contributed by atoms with Crippen LogP contribution in [-0.4, -0.2) is 25.0 Å². The Morgan fingerprint density at radius 1 is 1.33 bits per heavy atom. The first-order valence-electron chi connectivity index (χ1n) is 8.07. The van der Waals surface area contributed by atoms with E-state index in [-0.39, 0.29) is 11.9 Å². The number of nitrogens with zero attached hydrogens (tertiary/aromatic N) is 1. The summed E-state index contributed by atoms with van der Waals surface area (Å²) in [6, 6.07) is 9.20. The van der Waals surface area contributed by atoms with Crippen molar-refractivity contribution < 1.29 is 4.79 Å². The third kappa shape index (κ3) is 3.05. The number of nitrogens with one attached hydrogen (secondary N) is 1. The molecular weight excluding hydrogens is 262 g/mol. The van der Waals surface area contributed by atoms with Gasteiger partial charge in [-0.2, -0.15) is 0 Å². The molecule has 0 radical (unpaired) electrons. The molecule has 114 valence electrons. The summed E-state index contributed by atoms with van der Waals surface area (Å²) in [7, 11) is 0. The highest BCUT2D eigenvalue weighted by atomic mass is 16.1. The third-order valence-electron chi connectivity index (χ3n) is 4.95. The standard InChI is InChI=1S/C17H25N3O/c1-2-15(18)12-3-6-14(7-4-12)20-10-9-16-13(11-20)5-8-17(21)19-16/h3-4,6-7,13,15-16H,2,5,8-11,18H2,1H3,(H,19,21)/t13?,15-,16?/m0/s1. The van der Waals surface area contributed by atoms with Crippen LogP contribution in [0.4, 0.5) is 5.69 Å². The number of benzene rings is 1. The van der Waals surface area contributed by atoms with Crippen molar-refractivity contribution in [2.45, 2.75) is 44.7 Å². The van der Waals surface area contributed by atoms with E-state index >= 15 is 0 Å². The van der Waals surface area contributed by atoms with Crippen LogP contribution in [0.5, 0.6) is 0 Å². The van der Waals surface area contributed by atoms with Gasteiger partial charge in [0, 0.05) is 37.3 Å². The maximum Gasteiger partial charge on any atom is 0.220 e. The molecule has 3 atom stereocenters. The van der Waals surface area contributed by atoms with Crippen LogP contribution >= 0.6 is 0 Å². The number of anilines is 1. The number of fused-ring (bicyclic) bond motifs is 1. The van der Waals surface area contributed by atoms with Gasteiger partial charge in [-0.1, -0.05) is 19.1 Å². The van der Waals surface area contributed by atoms with Crippen LogP contribution in [0.15, 0.2) is 24.3 Å². The van der Waals surface area contributed by atoms with Gasteiger partial charge in [-0.15, -0.1) is 0 Å². The van der Waals surface area contributed by atoms with Gasteiger partial charge in [0.25, 0.3) is 0 Å². The predicted molar refractivity (Wildman–Crippen MR) is 85.1 cm³/mol. The molecule has 2 heterocycles. The number of hydrogen-bond acceptors (Lipinski definition) is 3. The van der Waals surface area contributed by atoms with E-state index in [9.17, 15) is 4.79 Å². The van der Waals surface area contributed by atoms with E-state index in [1.54, 1.807) is 0 Å². The molecule has 0 bridgehead atoms. The van der Waals surface area contributed by atoms with E-state index in [0.717, 1.165) is 32.4 Å². The lowest BCUT2D eigenvalue weighted by atomic mass is 9.85. The Balaban J connectivity index is 1.66. The van der Waals surface area contributed by atoms with Gasteiger partial charge in [0.15, 0.2) is 0 Å². The Bertz CT molecular complexity index is 499. The molecule has 1 aromatic rings. The molecule has 2 aliphatic heterocycles. The maximum absolute atomic E-state index is 11.5. The molecule has 0 spiro atoms. The first-order valence-corrected chi connectivity index (χ1v) is 8.07. The van der Waals surface area contributed by atoms with Gasteiger partial charge in [-0.3, -0.25) is 4.79 Å². The minimum atomic E-state index is 0.137. The molecule has 3 rings (SSSR count). The molecule has 1 aromatic carbocycles. The fourth-order valence-electron chi connectivity index (χ4n) is 3.51. The molecule has 0 aromatic heterocycles. The van der Waals surface area contributed by atoms with Crippen LogP contribution in [0.1, 0.15) is 44.2 Å². The van der Waals surface area contributed by atoms with Crippen LogP contribution in [0, 0.1) is 5.92 Å². The van der Waals surface area contributed by atoms with Gasteiger partial charge >= 0.3 is 0 Å². The van der Waals surface area contributed by atoms with Crippen molar-refractivity contribution in [3.05, 3.63) is 29.8 Å². The summed E-state index contributed by atoms with van der Waals surface area (Å²) in [6.07, 6.45) is 3.71. The Morgan fingerprint density at radius 2 is 2.10 bits per heavy atom. The van der Waals surface area contributed by atoms with Gasteiger partial charge in [-0.05, 0) is 42.9 Å². The fourth-order valence-corrected chi connectivity index (χ4v) is 3.51. The molecule has 2 fully saturated rings. The largest absolute Gasteiger partial charge is 0.371 e. The Labute approximate surface area is 126 Å². The van der Waals surface area contributed by atoms with Crippen molar-refractivity contribution in [3.63, 3.8) is 0 Å². The van der Waals surface area contributed by atoms with Crippen LogP contribution < -0.4 is 16.0 Å². The van der Waals surface area contributed by atoms with Crippen molar-refractivity contribution in [3.8, 4) is 0 Å². The lowest BCUT2D eigenvalue weighted by molar-refractivity contribution is -0.124. The molecule has 2 saturated heterocycles. The van der Waals surface area contributed by atoms with E-state index in [1.807, 2.05) is 0 Å². The second-order valence-electron chi connectivity index (χ2n) is 6.31. The second kappa shape index (κ2) is 6.06. The lowest BCUT2D eigenvalue weighted by Gasteiger charge is -2.42. The molecule has 3 N–H and O–H groups in total. The maximum atomic E-state index is 11.5. The molecule has 21 heavy (non-hydrogen) atoms. The average molecular weight is 287 g/mol. The zero-order chi connectivity index (χ0) is 14.8. The van der Waals surface area contributed by atoms with Crippen molar-refractivity contribution in [2.75, 3.05) is 18.0 Å². The summed E-state index contributed by atoms with van der Waals surface area (Å²) in [5.74, 6) is 0.816. The molecule has 2 unspecified atom stereocenters. The van der Waals surface area contributed by atoms with Gasteiger partial charge in [0.1, 0.15) is 0 Å². The summed E-state index contributed by atoms with van der Waals surface area (Å²) in [6.45, 7) is 4.17. The topological polar surface area (TPSA) is 58.4 Å². The lowest BCUT2D eigenvalue weighted by Crippen LogP contribution is -2.54. The highest BCUT2D eigenvalue weighted by Gasteiger charge is 2.33. The van der Waals surface area contributed by atoms with Gasteiger partial charge < -0.3 is 16.0 Å². The zero-order valence-electron chi connectivity index (χ0n) is 12.7. The number of piperidine rings is 2. The van der Waals surface area contributed by atoms with E-state index in [2.05, 4.69) is 41.4 Å². The van der Waals surface area contributed by atoms with E-state index in [0.29, 0.717) is 18.4 Å². The summed E-state index contributed by atoms with van der Waals surface area (Å²) >= 11 is 0. The van der Waals surface area contributed by atoms with E-state index in [4.69, 9.17) is 5.73 Å². The molecule has 1 amide bonds. The monoisotopic (exact) mass is 287 g/mol. The van der Waals surface area contributed by atoms with Crippen LogP contribution in [0.3, 0.4) is 0 Å². The van der Waals surface area contributed by atoms with Crippen molar-refractivity contribution in [1.82, 2.24) is 5.32 Å². The van der Waals surface area contributed by atoms with Crippen LogP contribution in [0.25, 0.3) is 0 Å². The molecule has 2 aliphatic rings. The third-order valence-corrected chi connectivity index (χ3v) is 4.95. The number of carbonyl (C=O) groups excluding carboxylic acids is 1. The van der Waals surface area contributed by atoms with Crippen molar-refractivity contribution in [2.24, 2.45) is 11.7 Å². The summed E-state index contributed by atoms with van der Waals surface area (Å²) in [4.78, 5) is 13.9. The Kier molecular flexibility index (Phi) is 4.15. The second-order valence-corrected chi connectivity index (χ2v) is 6.31. The first kappa shape index (κ1) is 14.4. The quantitative estimate of drug-likeness (QED) is 0.896. The molecule has 0 saturated carbocycles. The summed E-state index contributed by atoms with van der Waals surface area (Å²) in [5.41, 5.74) is 8.55. The average Bonchev–Trinajstić information content (AvgIpc) is 2.53. The number of carbonyl (C=O) groups is 1. The highest BCUT2D eigenvalue weighted by molar-refractivity contribution is 5.77. The molecule has 4 heteroatoms. The Morgan fingerprint density at radius 3 is 2.81 bits per heavy atom. The number of hydrogen-bond donors (Lipinski definition) is 2. The normalized spacial score (nSPS) is 27.0.